The van der Waals surface area contributed by atoms with Crippen LogP contribution in [-0.4, -0.2) is 45.9 Å². The summed E-state index contributed by atoms with van der Waals surface area (Å²) in [5.41, 5.74) is 2.12. The zero-order valence-electron chi connectivity index (χ0n) is 15.4. The summed E-state index contributed by atoms with van der Waals surface area (Å²) in [4.78, 5) is 21.9. The Balaban J connectivity index is 1.64. The molecule has 0 aliphatic carbocycles. The summed E-state index contributed by atoms with van der Waals surface area (Å²) in [7, 11) is 0. The molecule has 0 spiro atoms. The minimum absolute atomic E-state index is 0.0154. The predicted octanol–water partition coefficient (Wildman–Crippen LogP) is 4.28. The van der Waals surface area contributed by atoms with Crippen molar-refractivity contribution in [2.24, 2.45) is 5.16 Å². The number of aromatic amines is 1. The number of hydrogen-bond donors (Lipinski definition) is 3. The van der Waals surface area contributed by atoms with Gasteiger partial charge in [-0.3, -0.25) is 4.79 Å². The van der Waals surface area contributed by atoms with Gasteiger partial charge in [0, 0.05) is 30.4 Å². The third-order valence-electron chi connectivity index (χ3n) is 4.78. The highest BCUT2D eigenvalue weighted by molar-refractivity contribution is 6.44. The summed E-state index contributed by atoms with van der Waals surface area (Å²) >= 11 is 18.3. The first-order valence-electron chi connectivity index (χ1n) is 8.76. The molecular weight excluding hydrogens is 425 g/mol. The second-order valence-electron chi connectivity index (χ2n) is 6.71. The molecule has 3 heterocycles. The Kier molecular flexibility index (Phi) is 6.37. The number of nitrogens with zero attached hydrogens (tertiary/aromatic N) is 3. The first-order valence-corrected chi connectivity index (χ1v) is 9.89. The van der Waals surface area contributed by atoms with Crippen LogP contribution in [0.2, 0.25) is 15.2 Å². The lowest BCUT2D eigenvalue weighted by Crippen LogP contribution is -2.45. The van der Waals surface area contributed by atoms with Gasteiger partial charge in [-0.1, -0.05) is 40.0 Å². The van der Waals surface area contributed by atoms with Crippen LogP contribution < -0.4 is 10.2 Å². The number of H-pyrrole nitrogens is 1. The van der Waals surface area contributed by atoms with Gasteiger partial charge >= 0.3 is 0 Å². The standard InChI is InChI=1S/C18H20Cl3N5O2/c1-9(25-28)11-7-13(19)24-14(8-11)26-5-3-12(4-6-26)23-18(27)17-16(21)15(20)10(2)22-17/h7-8,12,22,28H,3-6H2,1-2H3,(H,23,27). The van der Waals surface area contributed by atoms with Gasteiger partial charge in [0.15, 0.2) is 0 Å². The summed E-state index contributed by atoms with van der Waals surface area (Å²) in [5.74, 6) is 0.446. The van der Waals surface area contributed by atoms with Crippen LogP contribution in [0.15, 0.2) is 17.3 Å². The average molecular weight is 445 g/mol. The Bertz CT molecular complexity index is 920. The van der Waals surface area contributed by atoms with Crippen LogP contribution >= 0.6 is 34.8 Å². The SMILES string of the molecule is CC(=NO)c1cc(Cl)nc(N2CCC(NC(=O)c3[nH]c(C)c(Cl)c3Cl)CC2)c1. The number of nitrogens with one attached hydrogen (secondary N) is 2. The fraction of sp³-hybridized carbons (Fsp3) is 0.389. The van der Waals surface area contributed by atoms with Crippen molar-refractivity contribution in [3.05, 3.63) is 44.3 Å². The van der Waals surface area contributed by atoms with Crippen LogP contribution in [0.1, 0.15) is 41.5 Å². The molecule has 0 unspecified atom stereocenters. The van der Waals surface area contributed by atoms with E-state index in [2.05, 4.69) is 25.3 Å². The number of anilines is 1. The van der Waals surface area contributed by atoms with Crippen LogP contribution in [0.4, 0.5) is 5.82 Å². The first kappa shape index (κ1) is 20.8. The average Bonchev–Trinajstić information content (AvgIpc) is 2.95. The van der Waals surface area contributed by atoms with E-state index >= 15 is 0 Å². The van der Waals surface area contributed by atoms with E-state index in [9.17, 15) is 4.79 Å². The van der Waals surface area contributed by atoms with E-state index in [4.69, 9.17) is 40.0 Å². The van der Waals surface area contributed by atoms with Crippen molar-refractivity contribution in [1.82, 2.24) is 15.3 Å². The molecule has 7 nitrogen and oxygen atoms in total. The summed E-state index contributed by atoms with van der Waals surface area (Å²) < 4.78 is 0. The molecule has 1 aliphatic heterocycles. The second-order valence-corrected chi connectivity index (χ2v) is 7.85. The van der Waals surface area contributed by atoms with Gasteiger partial charge in [0.2, 0.25) is 0 Å². The number of aromatic nitrogens is 2. The Morgan fingerprint density at radius 1 is 1.29 bits per heavy atom. The van der Waals surface area contributed by atoms with E-state index in [0.717, 1.165) is 12.8 Å². The number of piperidine rings is 1. The Morgan fingerprint density at radius 3 is 2.54 bits per heavy atom. The van der Waals surface area contributed by atoms with Crippen LogP contribution in [0.3, 0.4) is 0 Å². The number of amides is 1. The largest absolute Gasteiger partial charge is 0.411 e. The molecule has 1 amide bonds. The molecule has 28 heavy (non-hydrogen) atoms. The van der Waals surface area contributed by atoms with Gasteiger partial charge in [-0.2, -0.15) is 0 Å². The van der Waals surface area contributed by atoms with Crippen molar-refractivity contribution < 1.29 is 10.0 Å². The summed E-state index contributed by atoms with van der Waals surface area (Å²) in [6.45, 7) is 4.85. The van der Waals surface area contributed by atoms with E-state index in [0.29, 0.717) is 46.1 Å². The predicted molar refractivity (Wildman–Crippen MR) is 111 cm³/mol. The minimum atomic E-state index is -0.267. The number of hydrogen-bond acceptors (Lipinski definition) is 5. The maximum Gasteiger partial charge on any atom is 0.269 e. The molecule has 1 aliphatic rings. The van der Waals surface area contributed by atoms with Crippen molar-refractivity contribution in [3.63, 3.8) is 0 Å². The lowest BCUT2D eigenvalue weighted by Gasteiger charge is -2.33. The molecule has 2 aromatic rings. The fourth-order valence-corrected chi connectivity index (χ4v) is 3.77. The van der Waals surface area contributed by atoms with E-state index in [-0.39, 0.29) is 22.7 Å². The molecule has 10 heteroatoms. The minimum Gasteiger partial charge on any atom is -0.411 e. The molecule has 150 valence electrons. The summed E-state index contributed by atoms with van der Waals surface area (Å²) in [5, 5.41) is 16.1. The Morgan fingerprint density at radius 2 is 1.96 bits per heavy atom. The number of oxime groups is 1. The van der Waals surface area contributed by atoms with Gasteiger partial charge in [-0.05, 0) is 38.8 Å². The van der Waals surface area contributed by atoms with E-state index in [1.54, 1.807) is 19.9 Å². The van der Waals surface area contributed by atoms with Gasteiger partial charge in [0.1, 0.15) is 16.7 Å². The zero-order valence-corrected chi connectivity index (χ0v) is 17.7. The number of aryl methyl sites for hydroxylation is 1. The Labute approximate surface area is 177 Å². The van der Waals surface area contributed by atoms with Crippen molar-refractivity contribution >= 4 is 52.2 Å². The molecule has 0 atom stereocenters. The highest BCUT2D eigenvalue weighted by atomic mass is 35.5. The number of pyridine rings is 1. The van der Waals surface area contributed by atoms with Gasteiger partial charge in [0.05, 0.1) is 15.8 Å². The molecule has 1 saturated heterocycles. The molecular formula is C18H20Cl3N5O2. The maximum atomic E-state index is 12.5. The Hall–Kier alpha value is -1.96. The van der Waals surface area contributed by atoms with Gasteiger partial charge in [0.25, 0.3) is 5.91 Å². The number of rotatable bonds is 4. The van der Waals surface area contributed by atoms with Gasteiger partial charge in [-0.25, -0.2) is 4.98 Å². The molecule has 0 radical (unpaired) electrons. The lowest BCUT2D eigenvalue weighted by molar-refractivity contribution is 0.0926. The lowest BCUT2D eigenvalue weighted by atomic mass is 10.0. The van der Waals surface area contributed by atoms with Crippen molar-refractivity contribution in [3.8, 4) is 0 Å². The van der Waals surface area contributed by atoms with E-state index < -0.39 is 0 Å². The van der Waals surface area contributed by atoms with Crippen molar-refractivity contribution in [1.29, 1.82) is 0 Å². The summed E-state index contributed by atoms with van der Waals surface area (Å²) in [6, 6.07) is 3.51. The molecule has 1 fully saturated rings. The van der Waals surface area contributed by atoms with Crippen molar-refractivity contribution in [2.45, 2.75) is 32.7 Å². The third kappa shape index (κ3) is 4.37. The maximum absolute atomic E-state index is 12.5. The third-order valence-corrected chi connectivity index (χ3v) is 5.92. The first-order chi connectivity index (χ1) is 13.3. The van der Waals surface area contributed by atoms with Crippen LogP contribution in [0, 0.1) is 6.92 Å². The van der Waals surface area contributed by atoms with E-state index in [1.807, 2.05) is 6.07 Å². The highest BCUT2D eigenvalue weighted by Gasteiger charge is 2.25. The monoisotopic (exact) mass is 443 g/mol. The molecule has 0 aromatic carbocycles. The molecule has 3 N–H and O–H groups in total. The van der Waals surface area contributed by atoms with Crippen LogP contribution in [0.25, 0.3) is 0 Å². The second kappa shape index (κ2) is 8.59. The molecule has 0 bridgehead atoms. The quantitative estimate of drug-likeness (QED) is 0.284. The topological polar surface area (TPSA) is 93.6 Å². The van der Waals surface area contributed by atoms with Crippen molar-refractivity contribution in [2.75, 3.05) is 18.0 Å². The zero-order chi connectivity index (χ0) is 20.4. The van der Waals surface area contributed by atoms with Gasteiger partial charge < -0.3 is 20.4 Å². The summed E-state index contributed by atoms with van der Waals surface area (Å²) in [6.07, 6.45) is 1.49. The normalized spacial score (nSPS) is 15.8. The molecule has 3 rings (SSSR count). The number of carbonyl (C=O) groups is 1. The fourth-order valence-electron chi connectivity index (χ4n) is 3.15. The highest BCUT2D eigenvalue weighted by Crippen LogP contribution is 2.29. The molecule has 2 aromatic heterocycles. The van der Waals surface area contributed by atoms with Gasteiger partial charge in [-0.15, -0.1) is 0 Å². The smallest absolute Gasteiger partial charge is 0.269 e. The number of halogens is 3. The number of carbonyl (C=O) groups excluding carboxylic acids is 1. The molecule has 0 saturated carbocycles. The van der Waals surface area contributed by atoms with E-state index in [1.165, 1.54) is 0 Å². The van der Waals surface area contributed by atoms with Crippen LogP contribution in [-0.2, 0) is 0 Å². The van der Waals surface area contributed by atoms with Crippen LogP contribution in [0.5, 0.6) is 0 Å².